The van der Waals surface area contributed by atoms with E-state index in [0.29, 0.717) is 13.0 Å². The van der Waals surface area contributed by atoms with E-state index < -0.39 is 0 Å². The van der Waals surface area contributed by atoms with Crippen molar-refractivity contribution in [2.24, 2.45) is 11.5 Å². The zero-order valence-electron chi connectivity index (χ0n) is 10.3. The van der Waals surface area contributed by atoms with Gasteiger partial charge >= 0.3 is 0 Å². The van der Waals surface area contributed by atoms with E-state index in [1.165, 1.54) is 0 Å². The van der Waals surface area contributed by atoms with E-state index in [9.17, 15) is 4.79 Å². The van der Waals surface area contributed by atoms with E-state index in [2.05, 4.69) is 14.8 Å². The minimum Gasteiger partial charge on any atom is -0.370 e. The molecule has 0 aliphatic carbocycles. The maximum Gasteiger partial charge on any atom is 0.219 e. The molecule has 1 aliphatic heterocycles. The minimum atomic E-state index is -0.284. The molecule has 2 heterocycles. The molecule has 1 atom stereocenters. The fraction of sp³-hybridized carbons (Fsp3) is 0.636. The molecule has 1 aliphatic rings. The van der Waals surface area contributed by atoms with Crippen LogP contribution in [0.15, 0.2) is 11.6 Å². The Balaban J connectivity index is 1.87. The summed E-state index contributed by atoms with van der Waals surface area (Å²) in [5, 5.41) is 3.05. The number of rotatable bonds is 5. The van der Waals surface area contributed by atoms with Crippen LogP contribution in [-0.2, 0) is 4.79 Å². The van der Waals surface area contributed by atoms with Crippen molar-refractivity contribution in [2.45, 2.75) is 12.5 Å². The minimum absolute atomic E-state index is 0.0703. The van der Waals surface area contributed by atoms with Crippen LogP contribution in [0.5, 0.6) is 0 Å². The van der Waals surface area contributed by atoms with Crippen LogP contribution in [0, 0.1) is 0 Å². The average molecular weight is 269 g/mol. The standard InChI is InChI=1S/C11H19N5OS/c12-8-9(7-10(13)17)15-2-4-16(5-3-15)11-14-1-6-18-11/h1,6,9H,2-5,7-8,12H2,(H2,13,17). The molecule has 4 N–H and O–H groups in total. The van der Waals surface area contributed by atoms with E-state index in [1.54, 1.807) is 11.3 Å². The predicted molar refractivity (Wildman–Crippen MR) is 72.6 cm³/mol. The van der Waals surface area contributed by atoms with Gasteiger partial charge in [0.05, 0.1) is 0 Å². The molecule has 1 aromatic heterocycles. The van der Waals surface area contributed by atoms with Gasteiger partial charge < -0.3 is 16.4 Å². The van der Waals surface area contributed by atoms with Crippen molar-refractivity contribution >= 4 is 22.4 Å². The van der Waals surface area contributed by atoms with Crippen molar-refractivity contribution in [2.75, 3.05) is 37.6 Å². The number of anilines is 1. The van der Waals surface area contributed by atoms with E-state index in [1.807, 2.05) is 11.6 Å². The molecule has 6 nitrogen and oxygen atoms in total. The molecule has 100 valence electrons. The number of amides is 1. The second-order valence-corrected chi connectivity index (χ2v) is 5.27. The number of carbonyl (C=O) groups excluding carboxylic acids is 1. The summed E-state index contributed by atoms with van der Waals surface area (Å²) in [7, 11) is 0. The lowest BCUT2D eigenvalue weighted by molar-refractivity contribution is -0.119. The number of primary amides is 1. The number of nitrogens with zero attached hydrogens (tertiary/aromatic N) is 3. The van der Waals surface area contributed by atoms with Gasteiger partial charge in [0, 0.05) is 56.8 Å². The third-order valence-corrected chi connectivity index (χ3v) is 4.06. The number of hydrogen-bond acceptors (Lipinski definition) is 6. The van der Waals surface area contributed by atoms with Crippen LogP contribution in [0.4, 0.5) is 5.13 Å². The highest BCUT2D eigenvalue weighted by Crippen LogP contribution is 2.19. The molecular formula is C11H19N5OS. The van der Waals surface area contributed by atoms with Gasteiger partial charge in [-0.1, -0.05) is 0 Å². The normalized spacial score (nSPS) is 18.8. The molecule has 7 heteroatoms. The molecule has 0 saturated carbocycles. The summed E-state index contributed by atoms with van der Waals surface area (Å²) in [5.41, 5.74) is 10.9. The number of piperazine rings is 1. The zero-order chi connectivity index (χ0) is 13.0. The van der Waals surface area contributed by atoms with Crippen LogP contribution >= 0.6 is 11.3 Å². The summed E-state index contributed by atoms with van der Waals surface area (Å²) >= 11 is 1.65. The van der Waals surface area contributed by atoms with Gasteiger partial charge in [-0.25, -0.2) is 4.98 Å². The van der Waals surface area contributed by atoms with Crippen LogP contribution in [0.3, 0.4) is 0 Å². The van der Waals surface area contributed by atoms with Crippen molar-refractivity contribution in [3.63, 3.8) is 0 Å². The number of aromatic nitrogens is 1. The van der Waals surface area contributed by atoms with Gasteiger partial charge in [0.25, 0.3) is 0 Å². The first-order chi connectivity index (χ1) is 8.70. The zero-order valence-corrected chi connectivity index (χ0v) is 11.1. The van der Waals surface area contributed by atoms with Crippen molar-refractivity contribution in [3.05, 3.63) is 11.6 Å². The smallest absolute Gasteiger partial charge is 0.219 e. The largest absolute Gasteiger partial charge is 0.370 e. The summed E-state index contributed by atoms with van der Waals surface area (Å²) in [4.78, 5) is 19.8. The average Bonchev–Trinajstić information content (AvgIpc) is 2.90. The Kier molecular flexibility index (Phi) is 4.51. The van der Waals surface area contributed by atoms with Crippen molar-refractivity contribution in [3.8, 4) is 0 Å². The monoisotopic (exact) mass is 269 g/mol. The van der Waals surface area contributed by atoms with Crippen LogP contribution < -0.4 is 16.4 Å². The summed E-state index contributed by atoms with van der Waals surface area (Å²) in [5.74, 6) is -0.284. The lowest BCUT2D eigenvalue weighted by Gasteiger charge is -2.38. The Bertz CT molecular complexity index is 375. The second-order valence-electron chi connectivity index (χ2n) is 4.40. The number of carbonyl (C=O) groups is 1. The van der Waals surface area contributed by atoms with Gasteiger partial charge in [0.1, 0.15) is 0 Å². The highest BCUT2D eigenvalue weighted by atomic mass is 32.1. The maximum absolute atomic E-state index is 11.0. The second kappa shape index (κ2) is 6.12. The molecule has 0 aromatic carbocycles. The molecule has 1 fully saturated rings. The van der Waals surface area contributed by atoms with Gasteiger partial charge in [-0.2, -0.15) is 0 Å². The Labute approximate surface area is 111 Å². The van der Waals surface area contributed by atoms with Crippen LogP contribution in [0.2, 0.25) is 0 Å². The fourth-order valence-electron chi connectivity index (χ4n) is 2.24. The molecule has 18 heavy (non-hydrogen) atoms. The van der Waals surface area contributed by atoms with Crippen molar-refractivity contribution in [1.29, 1.82) is 0 Å². The van der Waals surface area contributed by atoms with E-state index in [4.69, 9.17) is 11.5 Å². The van der Waals surface area contributed by atoms with Gasteiger partial charge in [0.15, 0.2) is 5.13 Å². The first-order valence-electron chi connectivity index (χ1n) is 6.07. The van der Waals surface area contributed by atoms with Gasteiger partial charge in [-0.15, -0.1) is 11.3 Å². The summed E-state index contributed by atoms with van der Waals surface area (Å²) < 4.78 is 0. The summed E-state index contributed by atoms with van der Waals surface area (Å²) in [6.07, 6.45) is 2.16. The fourth-order valence-corrected chi connectivity index (χ4v) is 2.94. The Hall–Kier alpha value is -1.18. The molecule has 1 saturated heterocycles. The molecule has 0 bridgehead atoms. The molecule has 1 amide bonds. The highest BCUT2D eigenvalue weighted by molar-refractivity contribution is 7.13. The lowest BCUT2D eigenvalue weighted by atomic mass is 10.1. The number of hydrogen-bond donors (Lipinski definition) is 2. The van der Waals surface area contributed by atoms with E-state index >= 15 is 0 Å². The lowest BCUT2D eigenvalue weighted by Crippen LogP contribution is -2.53. The van der Waals surface area contributed by atoms with Gasteiger partial charge in [-0.05, 0) is 0 Å². The molecule has 0 radical (unpaired) electrons. The molecule has 2 rings (SSSR count). The molecule has 1 unspecified atom stereocenters. The SMILES string of the molecule is NCC(CC(N)=O)N1CCN(c2nccs2)CC1. The highest BCUT2D eigenvalue weighted by Gasteiger charge is 2.24. The maximum atomic E-state index is 11.0. The first kappa shape index (κ1) is 13.3. The Morgan fingerprint density at radius 2 is 2.17 bits per heavy atom. The molecule has 1 aromatic rings. The predicted octanol–water partition coefficient (Wildman–Crippen LogP) is -0.532. The molecule has 0 spiro atoms. The van der Waals surface area contributed by atoms with Crippen LogP contribution in [0.25, 0.3) is 0 Å². The van der Waals surface area contributed by atoms with Gasteiger partial charge in [-0.3, -0.25) is 9.69 Å². The van der Waals surface area contributed by atoms with E-state index in [0.717, 1.165) is 31.3 Å². The molecular weight excluding hydrogens is 250 g/mol. The van der Waals surface area contributed by atoms with E-state index in [-0.39, 0.29) is 11.9 Å². The number of thiazole rings is 1. The number of nitrogens with two attached hydrogens (primary N) is 2. The summed E-state index contributed by atoms with van der Waals surface area (Å²) in [6.45, 7) is 4.11. The van der Waals surface area contributed by atoms with Crippen molar-refractivity contribution < 1.29 is 4.79 Å². The third-order valence-electron chi connectivity index (χ3n) is 3.23. The Morgan fingerprint density at radius 1 is 1.44 bits per heavy atom. The third kappa shape index (κ3) is 3.18. The Morgan fingerprint density at radius 3 is 2.67 bits per heavy atom. The first-order valence-corrected chi connectivity index (χ1v) is 6.95. The topological polar surface area (TPSA) is 88.5 Å². The van der Waals surface area contributed by atoms with Crippen LogP contribution in [-0.4, -0.2) is 54.6 Å². The summed E-state index contributed by atoms with van der Waals surface area (Å²) in [6, 6.07) is 0.0703. The van der Waals surface area contributed by atoms with Gasteiger partial charge in [0.2, 0.25) is 5.91 Å². The van der Waals surface area contributed by atoms with Crippen LogP contribution in [0.1, 0.15) is 6.42 Å². The van der Waals surface area contributed by atoms with Crippen molar-refractivity contribution in [1.82, 2.24) is 9.88 Å². The quantitative estimate of drug-likeness (QED) is 0.750.